The van der Waals surface area contributed by atoms with Gasteiger partial charge >= 0.3 is 6.03 Å². The van der Waals surface area contributed by atoms with Crippen LogP contribution in [-0.2, 0) is 4.79 Å². The Hall–Kier alpha value is -1.95. The Morgan fingerprint density at radius 1 is 1.29 bits per heavy atom. The topological polar surface area (TPSA) is 60.9 Å². The summed E-state index contributed by atoms with van der Waals surface area (Å²) in [5, 5.41) is 10.1. The first-order valence-electron chi connectivity index (χ1n) is 7.14. The number of piperidine rings is 1. The maximum atomic E-state index is 13.6. The van der Waals surface area contributed by atoms with Crippen LogP contribution in [0.1, 0.15) is 30.9 Å². The molecule has 2 fully saturated rings. The summed E-state index contributed by atoms with van der Waals surface area (Å²) >= 11 is 0. The number of aliphatic hydroxyl groups excluding tert-OH is 1. The Morgan fingerprint density at radius 3 is 2.76 bits per heavy atom. The minimum atomic E-state index is -1.21. The molecule has 1 N–H and O–H groups in total. The highest BCUT2D eigenvalue weighted by atomic mass is 19.1. The van der Waals surface area contributed by atoms with E-state index in [9.17, 15) is 19.1 Å². The van der Waals surface area contributed by atoms with Gasteiger partial charge in [-0.1, -0.05) is 18.2 Å². The van der Waals surface area contributed by atoms with Gasteiger partial charge in [0.1, 0.15) is 11.9 Å². The first-order valence-corrected chi connectivity index (χ1v) is 7.14. The largest absolute Gasteiger partial charge is 0.386 e. The normalized spacial score (nSPS) is 23.4. The van der Waals surface area contributed by atoms with Gasteiger partial charge in [0, 0.05) is 12.1 Å². The van der Waals surface area contributed by atoms with Crippen LogP contribution in [0, 0.1) is 5.82 Å². The van der Waals surface area contributed by atoms with Crippen LogP contribution in [0.5, 0.6) is 0 Å². The number of amides is 3. The predicted molar refractivity (Wildman–Crippen MR) is 72.8 cm³/mol. The van der Waals surface area contributed by atoms with Gasteiger partial charge in [0.15, 0.2) is 0 Å². The molecule has 2 saturated heterocycles. The zero-order valence-corrected chi connectivity index (χ0v) is 11.5. The van der Waals surface area contributed by atoms with Gasteiger partial charge in [0.25, 0.3) is 5.91 Å². The summed E-state index contributed by atoms with van der Waals surface area (Å²) in [7, 11) is 0. The van der Waals surface area contributed by atoms with E-state index in [1.807, 2.05) is 0 Å². The first-order chi connectivity index (χ1) is 10.1. The maximum Gasteiger partial charge on any atom is 0.327 e. The molecule has 3 amide bonds. The summed E-state index contributed by atoms with van der Waals surface area (Å²) in [6, 6.07) is 5.06. The molecule has 1 aromatic rings. The lowest BCUT2D eigenvalue weighted by Crippen LogP contribution is -2.39. The molecule has 0 bridgehead atoms. The molecule has 21 heavy (non-hydrogen) atoms. The lowest BCUT2D eigenvalue weighted by molar-refractivity contribution is -0.129. The van der Waals surface area contributed by atoms with Gasteiger partial charge in [-0.15, -0.1) is 0 Å². The van der Waals surface area contributed by atoms with E-state index in [0.29, 0.717) is 13.0 Å². The third-order valence-electron chi connectivity index (χ3n) is 4.15. The van der Waals surface area contributed by atoms with Crippen LogP contribution >= 0.6 is 0 Å². The van der Waals surface area contributed by atoms with Gasteiger partial charge in [-0.25, -0.2) is 9.18 Å². The van der Waals surface area contributed by atoms with E-state index in [2.05, 4.69) is 0 Å². The highest BCUT2D eigenvalue weighted by molar-refractivity contribution is 6.04. The number of aliphatic hydroxyl groups is 1. The molecule has 0 aliphatic carbocycles. The molecule has 0 radical (unpaired) electrons. The molecule has 112 valence electrons. The van der Waals surface area contributed by atoms with Crippen LogP contribution in [0.25, 0.3) is 0 Å². The minimum Gasteiger partial charge on any atom is -0.386 e. The molecule has 0 unspecified atom stereocenters. The van der Waals surface area contributed by atoms with E-state index in [4.69, 9.17) is 0 Å². The van der Waals surface area contributed by atoms with Gasteiger partial charge in [-0.05, 0) is 25.3 Å². The lowest BCUT2D eigenvalue weighted by atomic mass is 10.0. The van der Waals surface area contributed by atoms with Gasteiger partial charge in [0.2, 0.25) is 0 Å². The second kappa shape index (κ2) is 5.44. The fraction of sp³-hybridized carbons (Fsp3) is 0.467. The number of β-amino-alcohol motifs (C(OH)–C–C–N with tert-alkyl or cyclic N) is 1. The molecule has 2 aliphatic heterocycles. The monoisotopic (exact) mass is 292 g/mol. The number of benzene rings is 1. The Labute approximate surface area is 122 Å². The number of carbonyl (C=O) groups is 2. The Balaban J connectivity index is 1.77. The molecule has 1 aromatic carbocycles. The van der Waals surface area contributed by atoms with Crippen molar-refractivity contribution in [2.45, 2.75) is 31.4 Å². The van der Waals surface area contributed by atoms with Crippen LogP contribution in [0.3, 0.4) is 0 Å². The fourth-order valence-corrected chi connectivity index (χ4v) is 3.03. The highest BCUT2D eigenvalue weighted by Crippen LogP contribution is 2.28. The van der Waals surface area contributed by atoms with E-state index in [1.54, 1.807) is 11.0 Å². The average molecular weight is 292 g/mol. The van der Waals surface area contributed by atoms with Crippen LogP contribution in [-0.4, -0.2) is 46.0 Å². The van der Waals surface area contributed by atoms with Crippen molar-refractivity contribution in [3.05, 3.63) is 35.6 Å². The van der Waals surface area contributed by atoms with E-state index < -0.39 is 18.0 Å². The van der Waals surface area contributed by atoms with Gasteiger partial charge in [0.05, 0.1) is 12.6 Å². The molecular weight excluding hydrogens is 275 g/mol. The second-order valence-electron chi connectivity index (χ2n) is 5.47. The van der Waals surface area contributed by atoms with Crippen molar-refractivity contribution in [2.75, 3.05) is 13.1 Å². The standard InChI is InChI=1S/C15H17FN2O3/c16-11-6-2-1-5-10(11)13(19)9-18-14(20)12-7-3-4-8-17(12)15(18)21/h1-2,5-6,12-13,19H,3-4,7-9H2/t12-,13-/m0/s1. The fourth-order valence-electron chi connectivity index (χ4n) is 3.03. The van der Waals surface area contributed by atoms with Crippen molar-refractivity contribution in [3.8, 4) is 0 Å². The molecule has 0 spiro atoms. The Bertz CT molecular complexity index is 554. The zero-order chi connectivity index (χ0) is 15.0. The number of urea groups is 1. The van der Waals surface area contributed by atoms with Gasteiger partial charge in [-0.3, -0.25) is 9.69 Å². The van der Waals surface area contributed by atoms with Gasteiger partial charge < -0.3 is 10.0 Å². The lowest BCUT2D eigenvalue weighted by Gasteiger charge is -2.26. The molecular formula is C15H17FN2O3. The Morgan fingerprint density at radius 2 is 2.05 bits per heavy atom. The maximum absolute atomic E-state index is 13.6. The highest BCUT2D eigenvalue weighted by Gasteiger charge is 2.46. The number of fused-ring (bicyclic) bond motifs is 1. The van der Waals surface area contributed by atoms with E-state index in [0.717, 1.165) is 17.7 Å². The zero-order valence-electron chi connectivity index (χ0n) is 11.5. The second-order valence-corrected chi connectivity index (χ2v) is 5.47. The summed E-state index contributed by atoms with van der Waals surface area (Å²) in [5.41, 5.74) is 0.1000. The van der Waals surface area contributed by atoms with E-state index in [1.165, 1.54) is 18.2 Å². The summed E-state index contributed by atoms with van der Waals surface area (Å²) < 4.78 is 13.6. The van der Waals surface area contributed by atoms with Crippen LogP contribution in [0.15, 0.2) is 24.3 Å². The molecule has 2 aliphatic rings. The van der Waals surface area contributed by atoms with Crippen LogP contribution in [0.4, 0.5) is 9.18 Å². The van der Waals surface area contributed by atoms with E-state index >= 15 is 0 Å². The molecule has 2 heterocycles. The number of nitrogens with zero attached hydrogens (tertiary/aromatic N) is 2. The summed E-state index contributed by atoms with van der Waals surface area (Å²) in [5.74, 6) is -0.822. The molecule has 2 atom stereocenters. The number of imide groups is 1. The van der Waals surface area contributed by atoms with Crippen LogP contribution < -0.4 is 0 Å². The summed E-state index contributed by atoms with van der Waals surface area (Å²) in [6.07, 6.45) is 1.26. The first kappa shape index (κ1) is 14.0. The van der Waals surface area contributed by atoms with Crippen molar-refractivity contribution >= 4 is 11.9 Å². The van der Waals surface area contributed by atoms with Crippen LogP contribution in [0.2, 0.25) is 0 Å². The molecule has 0 saturated carbocycles. The predicted octanol–water partition coefficient (Wildman–Crippen LogP) is 1.68. The third-order valence-corrected chi connectivity index (χ3v) is 4.15. The molecule has 5 nitrogen and oxygen atoms in total. The van der Waals surface area contributed by atoms with Crippen molar-refractivity contribution in [3.63, 3.8) is 0 Å². The number of hydrogen-bond acceptors (Lipinski definition) is 3. The summed E-state index contributed by atoms with van der Waals surface area (Å²) in [6.45, 7) is 0.368. The molecule has 0 aromatic heterocycles. The minimum absolute atomic E-state index is 0.1000. The Kier molecular flexibility index (Phi) is 3.63. The van der Waals surface area contributed by atoms with Crippen molar-refractivity contribution in [2.24, 2.45) is 0 Å². The van der Waals surface area contributed by atoms with Gasteiger partial charge in [-0.2, -0.15) is 0 Å². The quantitative estimate of drug-likeness (QED) is 0.862. The van der Waals surface area contributed by atoms with Crippen molar-refractivity contribution < 1.29 is 19.1 Å². The average Bonchev–Trinajstić information content (AvgIpc) is 2.73. The third kappa shape index (κ3) is 2.40. The number of carbonyl (C=O) groups excluding carboxylic acids is 2. The smallest absolute Gasteiger partial charge is 0.327 e. The molecule has 6 heteroatoms. The van der Waals surface area contributed by atoms with Crippen molar-refractivity contribution in [1.29, 1.82) is 0 Å². The SMILES string of the molecule is O=C1[C@@H]2CCCCN2C(=O)N1C[C@H](O)c1ccccc1F. The molecule has 3 rings (SSSR count). The number of rotatable bonds is 3. The number of hydrogen-bond donors (Lipinski definition) is 1. The summed E-state index contributed by atoms with van der Waals surface area (Å²) in [4.78, 5) is 27.1. The van der Waals surface area contributed by atoms with Crippen molar-refractivity contribution in [1.82, 2.24) is 9.80 Å². The number of halogens is 1. The van der Waals surface area contributed by atoms with E-state index in [-0.39, 0.29) is 24.0 Å².